The highest BCUT2D eigenvalue weighted by Gasteiger charge is 2.23. The molecule has 0 aromatic heterocycles. The first-order chi connectivity index (χ1) is 8.68. The minimum Gasteiger partial charge on any atom is -0.480 e. The van der Waals surface area contributed by atoms with Crippen LogP contribution < -0.4 is 0 Å². The third kappa shape index (κ3) is 3.06. The molecule has 1 N–H and O–H groups in total. The molecule has 0 fully saturated rings. The second-order valence-corrected chi connectivity index (χ2v) is 5.26. The van der Waals surface area contributed by atoms with E-state index in [2.05, 4.69) is 0 Å². The molecule has 4 heteroatoms. The van der Waals surface area contributed by atoms with E-state index >= 15 is 0 Å². The van der Waals surface area contributed by atoms with Crippen molar-refractivity contribution in [3.05, 3.63) is 65.2 Å². The number of rotatable bonds is 4. The van der Waals surface area contributed by atoms with E-state index in [-0.39, 0.29) is 0 Å². The Balaban J connectivity index is 2.30. The molecule has 0 aliphatic rings. The second kappa shape index (κ2) is 5.94. The van der Waals surface area contributed by atoms with Crippen LogP contribution in [0.4, 0.5) is 0 Å². The van der Waals surface area contributed by atoms with E-state index < -0.39 is 11.2 Å². The second-order valence-electron chi connectivity index (χ2n) is 3.67. The van der Waals surface area contributed by atoms with Crippen LogP contribution >= 0.6 is 23.4 Å². The number of carbonyl (C=O) groups is 1. The first-order valence-corrected chi connectivity index (χ1v) is 6.63. The quantitative estimate of drug-likeness (QED) is 0.849. The van der Waals surface area contributed by atoms with Gasteiger partial charge < -0.3 is 5.11 Å². The molecule has 0 heterocycles. The number of thioether (sulfide) groups is 1. The number of hydrogen-bond donors (Lipinski definition) is 1. The van der Waals surface area contributed by atoms with Crippen LogP contribution in [0.5, 0.6) is 0 Å². The smallest absolute Gasteiger partial charge is 0.321 e. The van der Waals surface area contributed by atoms with Crippen LogP contribution in [0.15, 0.2) is 59.5 Å². The Morgan fingerprint density at radius 1 is 1.06 bits per heavy atom. The Kier molecular flexibility index (Phi) is 4.28. The minimum absolute atomic E-state index is 0.480. The molecule has 2 rings (SSSR count). The zero-order valence-corrected chi connectivity index (χ0v) is 11.0. The summed E-state index contributed by atoms with van der Waals surface area (Å²) in [7, 11) is 0. The van der Waals surface area contributed by atoms with E-state index in [1.807, 2.05) is 30.3 Å². The van der Waals surface area contributed by atoms with Gasteiger partial charge in [0.05, 0.1) is 0 Å². The molecule has 1 unspecified atom stereocenters. The summed E-state index contributed by atoms with van der Waals surface area (Å²) in [4.78, 5) is 12.3. The highest BCUT2D eigenvalue weighted by atomic mass is 35.5. The Morgan fingerprint density at radius 2 is 1.67 bits per heavy atom. The van der Waals surface area contributed by atoms with Crippen LogP contribution in [0.3, 0.4) is 0 Å². The Morgan fingerprint density at radius 3 is 2.28 bits per heavy atom. The van der Waals surface area contributed by atoms with Crippen LogP contribution in [-0.2, 0) is 4.79 Å². The van der Waals surface area contributed by atoms with Gasteiger partial charge in [-0.2, -0.15) is 0 Å². The number of aliphatic carboxylic acids is 1. The van der Waals surface area contributed by atoms with Gasteiger partial charge in [-0.1, -0.05) is 48.0 Å². The van der Waals surface area contributed by atoms with Crippen LogP contribution in [0.2, 0.25) is 5.02 Å². The highest BCUT2D eigenvalue weighted by molar-refractivity contribution is 8.00. The molecule has 0 saturated heterocycles. The first-order valence-electron chi connectivity index (χ1n) is 5.37. The van der Waals surface area contributed by atoms with Gasteiger partial charge in [0.25, 0.3) is 0 Å². The molecular weight excluding hydrogens is 268 g/mol. The Labute approximate surface area is 115 Å². The van der Waals surface area contributed by atoms with Gasteiger partial charge in [-0.3, -0.25) is 4.79 Å². The molecule has 0 aliphatic carbocycles. The van der Waals surface area contributed by atoms with Crippen LogP contribution in [0, 0.1) is 0 Å². The van der Waals surface area contributed by atoms with Gasteiger partial charge in [0.1, 0.15) is 5.25 Å². The van der Waals surface area contributed by atoms with Gasteiger partial charge in [0.15, 0.2) is 0 Å². The Hall–Kier alpha value is -1.45. The summed E-state index contributed by atoms with van der Waals surface area (Å²) in [6.07, 6.45) is 0. The van der Waals surface area contributed by atoms with Crippen molar-refractivity contribution in [2.45, 2.75) is 10.1 Å². The predicted molar refractivity (Wildman–Crippen MR) is 74.1 cm³/mol. The molecular formula is C14H11ClO2S. The number of halogens is 1. The topological polar surface area (TPSA) is 37.3 Å². The van der Waals surface area contributed by atoms with Crippen molar-refractivity contribution in [2.75, 3.05) is 0 Å². The summed E-state index contributed by atoms with van der Waals surface area (Å²) in [6.45, 7) is 0. The maximum atomic E-state index is 11.4. The van der Waals surface area contributed by atoms with Crippen molar-refractivity contribution in [1.82, 2.24) is 0 Å². The lowest BCUT2D eigenvalue weighted by Gasteiger charge is -2.13. The third-order valence-electron chi connectivity index (χ3n) is 2.41. The van der Waals surface area contributed by atoms with Crippen LogP contribution in [0.25, 0.3) is 0 Å². The van der Waals surface area contributed by atoms with Crippen LogP contribution in [-0.4, -0.2) is 11.1 Å². The maximum Gasteiger partial charge on any atom is 0.321 e. The fraction of sp³-hybridized carbons (Fsp3) is 0.0714. The van der Waals surface area contributed by atoms with Gasteiger partial charge in [0.2, 0.25) is 0 Å². The molecule has 0 amide bonds. The lowest BCUT2D eigenvalue weighted by atomic mass is 10.1. The fourth-order valence-electron chi connectivity index (χ4n) is 1.57. The average Bonchev–Trinajstić information content (AvgIpc) is 2.38. The van der Waals surface area contributed by atoms with Crippen LogP contribution in [0.1, 0.15) is 10.8 Å². The van der Waals surface area contributed by atoms with E-state index in [0.29, 0.717) is 10.6 Å². The molecule has 0 radical (unpaired) electrons. The van der Waals surface area contributed by atoms with E-state index in [1.165, 1.54) is 11.8 Å². The van der Waals surface area contributed by atoms with Crippen molar-refractivity contribution in [3.8, 4) is 0 Å². The minimum atomic E-state index is -0.892. The first kappa shape index (κ1) is 13.0. The standard InChI is InChI=1S/C14H11ClO2S/c15-12-9-5-4-8-11(12)13(14(16)17)18-10-6-2-1-3-7-10/h1-9,13H,(H,16,17). The van der Waals surface area contributed by atoms with E-state index in [1.54, 1.807) is 24.3 Å². The zero-order chi connectivity index (χ0) is 13.0. The molecule has 0 aliphatic heterocycles. The zero-order valence-electron chi connectivity index (χ0n) is 9.42. The summed E-state index contributed by atoms with van der Waals surface area (Å²) in [5.74, 6) is -0.892. The number of carboxylic acids is 1. The SMILES string of the molecule is O=C(O)C(Sc1ccccc1)c1ccccc1Cl. The predicted octanol–water partition coefficient (Wildman–Crippen LogP) is 4.26. The summed E-state index contributed by atoms with van der Waals surface area (Å²) in [6, 6.07) is 16.5. The van der Waals surface area contributed by atoms with E-state index in [0.717, 1.165) is 4.90 Å². The largest absolute Gasteiger partial charge is 0.480 e. The Bertz CT molecular complexity index is 543. The van der Waals surface area contributed by atoms with Gasteiger partial charge >= 0.3 is 5.97 Å². The molecule has 0 bridgehead atoms. The van der Waals surface area contributed by atoms with Gasteiger partial charge in [-0.05, 0) is 23.8 Å². The molecule has 92 valence electrons. The van der Waals surface area contributed by atoms with Gasteiger partial charge in [-0.25, -0.2) is 0 Å². The summed E-state index contributed by atoms with van der Waals surface area (Å²) < 4.78 is 0. The molecule has 0 saturated carbocycles. The lowest BCUT2D eigenvalue weighted by molar-refractivity contribution is -0.136. The fourth-order valence-corrected chi connectivity index (χ4v) is 2.90. The molecule has 0 spiro atoms. The highest BCUT2D eigenvalue weighted by Crippen LogP contribution is 2.38. The summed E-state index contributed by atoms with van der Waals surface area (Å²) in [5.41, 5.74) is 0.625. The molecule has 2 aromatic carbocycles. The van der Waals surface area contributed by atoms with Crippen molar-refractivity contribution in [1.29, 1.82) is 0 Å². The van der Waals surface area contributed by atoms with Gasteiger partial charge in [-0.15, -0.1) is 11.8 Å². The molecule has 2 aromatic rings. The number of carboxylic acid groups (broad SMARTS) is 1. The molecule has 18 heavy (non-hydrogen) atoms. The van der Waals surface area contributed by atoms with Crippen molar-refractivity contribution in [3.63, 3.8) is 0 Å². The van der Waals surface area contributed by atoms with E-state index in [4.69, 9.17) is 11.6 Å². The molecule has 2 nitrogen and oxygen atoms in total. The van der Waals surface area contributed by atoms with E-state index in [9.17, 15) is 9.90 Å². The number of benzene rings is 2. The average molecular weight is 279 g/mol. The summed E-state index contributed by atoms with van der Waals surface area (Å²) in [5, 5.41) is 9.12. The third-order valence-corrected chi connectivity index (χ3v) is 3.99. The van der Waals surface area contributed by atoms with Crippen molar-refractivity contribution in [2.24, 2.45) is 0 Å². The van der Waals surface area contributed by atoms with Gasteiger partial charge in [0, 0.05) is 9.92 Å². The van der Waals surface area contributed by atoms with Crippen molar-refractivity contribution < 1.29 is 9.90 Å². The normalized spacial score (nSPS) is 12.1. The number of hydrogen-bond acceptors (Lipinski definition) is 2. The monoisotopic (exact) mass is 278 g/mol. The summed E-state index contributed by atoms with van der Waals surface area (Å²) >= 11 is 7.33. The van der Waals surface area contributed by atoms with Crippen molar-refractivity contribution >= 4 is 29.3 Å². The molecule has 1 atom stereocenters. The lowest BCUT2D eigenvalue weighted by Crippen LogP contribution is -2.08. The maximum absolute atomic E-state index is 11.4.